The largest absolute Gasteiger partial charge is 0.349 e. The molecular weight excluding hydrogens is 371 g/mol. The highest BCUT2D eigenvalue weighted by Crippen LogP contribution is 2.25. The molecular formula is C20H18F3N3O2. The molecule has 0 aliphatic rings. The normalized spacial score (nSPS) is 13.4. The Bertz CT molecular complexity index is 1130. The maximum absolute atomic E-state index is 14.1. The molecule has 1 amide bonds. The van der Waals surface area contributed by atoms with Gasteiger partial charge >= 0.3 is 0 Å². The van der Waals surface area contributed by atoms with Crippen molar-refractivity contribution in [2.45, 2.75) is 32.7 Å². The van der Waals surface area contributed by atoms with Gasteiger partial charge in [0.2, 0.25) is 11.9 Å². The van der Waals surface area contributed by atoms with Crippen molar-refractivity contribution in [1.82, 2.24) is 15.3 Å². The smallest absolute Gasteiger partial charge is 0.252 e. The summed E-state index contributed by atoms with van der Waals surface area (Å²) < 4.78 is 41.1. The minimum Gasteiger partial charge on any atom is -0.349 e. The number of halogens is 3. The van der Waals surface area contributed by atoms with E-state index in [0.717, 1.165) is 12.1 Å². The number of carbonyl (C=O) groups is 1. The van der Waals surface area contributed by atoms with E-state index in [1.54, 1.807) is 13.8 Å². The maximum Gasteiger partial charge on any atom is 0.252 e. The Labute approximate surface area is 158 Å². The van der Waals surface area contributed by atoms with Crippen molar-refractivity contribution < 1.29 is 18.0 Å². The Morgan fingerprint density at radius 2 is 1.89 bits per heavy atom. The zero-order valence-corrected chi connectivity index (χ0v) is 15.4. The number of nitrogens with zero attached hydrogens (tertiary/aromatic N) is 1. The summed E-state index contributed by atoms with van der Waals surface area (Å²) in [4.78, 5) is 31.3. The quantitative estimate of drug-likeness (QED) is 0.669. The number of carbonyl (C=O) groups excluding carboxylic acids is 1. The molecule has 0 aliphatic carbocycles. The fourth-order valence-corrected chi connectivity index (χ4v) is 3.31. The molecule has 1 aromatic carbocycles. The average Bonchev–Trinajstić information content (AvgIpc) is 2.61. The Hall–Kier alpha value is -3.16. The van der Waals surface area contributed by atoms with Crippen molar-refractivity contribution in [2.24, 2.45) is 0 Å². The van der Waals surface area contributed by atoms with Gasteiger partial charge in [0.05, 0.1) is 22.9 Å². The van der Waals surface area contributed by atoms with Gasteiger partial charge < -0.3 is 10.3 Å². The lowest BCUT2D eigenvalue weighted by Crippen LogP contribution is -2.34. The summed E-state index contributed by atoms with van der Waals surface area (Å²) >= 11 is 0. The van der Waals surface area contributed by atoms with Crippen LogP contribution in [0.25, 0.3) is 10.9 Å². The van der Waals surface area contributed by atoms with Crippen LogP contribution in [-0.2, 0) is 4.79 Å². The monoisotopic (exact) mass is 389 g/mol. The zero-order chi connectivity index (χ0) is 20.6. The Morgan fingerprint density at radius 3 is 2.57 bits per heavy atom. The molecule has 2 heterocycles. The van der Waals surface area contributed by atoms with E-state index in [4.69, 9.17) is 0 Å². The summed E-state index contributed by atoms with van der Waals surface area (Å²) in [5, 5.41) is 2.74. The number of amides is 1. The van der Waals surface area contributed by atoms with E-state index < -0.39 is 41.0 Å². The summed E-state index contributed by atoms with van der Waals surface area (Å²) in [6.07, 6.45) is 1.24. The summed E-state index contributed by atoms with van der Waals surface area (Å²) in [7, 11) is 0. The third kappa shape index (κ3) is 3.49. The SMILES string of the molecule is Cc1c([C@@H](C)C(=O)N[C@@H](C)c2ccc(F)cc2F)c(=O)[nH]c2ccnc(F)c12. The molecule has 0 saturated heterocycles. The van der Waals surface area contributed by atoms with E-state index in [2.05, 4.69) is 15.3 Å². The minimum atomic E-state index is -0.932. The Balaban J connectivity index is 1.93. The van der Waals surface area contributed by atoms with Crippen molar-refractivity contribution in [3.8, 4) is 0 Å². The van der Waals surface area contributed by atoms with Gasteiger partial charge in [-0.25, -0.2) is 13.8 Å². The van der Waals surface area contributed by atoms with Crippen LogP contribution in [-0.4, -0.2) is 15.9 Å². The number of aryl methyl sites for hydroxylation is 1. The molecule has 0 fully saturated rings. The number of H-pyrrole nitrogens is 1. The summed E-state index contributed by atoms with van der Waals surface area (Å²) in [6, 6.07) is 3.79. The fourth-order valence-electron chi connectivity index (χ4n) is 3.31. The van der Waals surface area contributed by atoms with E-state index in [9.17, 15) is 22.8 Å². The number of hydrogen-bond acceptors (Lipinski definition) is 3. The molecule has 0 aliphatic heterocycles. The fraction of sp³-hybridized carbons (Fsp3) is 0.250. The van der Waals surface area contributed by atoms with Crippen molar-refractivity contribution in [2.75, 3.05) is 0 Å². The molecule has 3 rings (SSSR count). The average molecular weight is 389 g/mol. The van der Waals surface area contributed by atoms with Crippen LogP contribution in [0.3, 0.4) is 0 Å². The number of aromatic amines is 1. The number of fused-ring (bicyclic) bond motifs is 1. The van der Waals surface area contributed by atoms with Crippen LogP contribution in [0, 0.1) is 24.5 Å². The number of nitrogens with one attached hydrogen (secondary N) is 2. The van der Waals surface area contributed by atoms with Crippen molar-refractivity contribution in [1.29, 1.82) is 0 Å². The molecule has 0 spiro atoms. The van der Waals surface area contributed by atoms with Gasteiger partial charge in [0.25, 0.3) is 5.56 Å². The molecule has 28 heavy (non-hydrogen) atoms. The molecule has 2 atom stereocenters. The number of benzene rings is 1. The molecule has 2 aromatic heterocycles. The first-order valence-corrected chi connectivity index (χ1v) is 8.63. The number of pyridine rings is 2. The molecule has 8 heteroatoms. The zero-order valence-electron chi connectivity index (χ0n) is 15.4. The minimum absolute atomic E-state index is 0.101. The molecule has 0 saturated carbocycles. The first-order chi connectivity index (χ1) is 13.2. The summed E-state index contributed by atoms with van der Waals surface area (Å²) in [5.74, 6) is -3.73. The van der Waals surface area contributed by atoms with Crippen LogP contribution >= 0.6 is 0 Å². The van der Waals surface area contributed by atoms with E-state index in [0.29, 0.717) is 5.56 Å². The van der Waals surface area contributed by atoms with E-state index in [1.165, 1.54) is 25.3 Å². The van der Waals surface area contributed by atoms with Gasteiger partial charge in [-0.2, -0.15) is 4.39 Å². The van der Waals surface area contributed by atoms with Crippen molar-refractivity contribution in [3.63, 3.8) is 0 Å². The topological polar surface area (TPSA) is 74.8 Å². The number of aromatic nitrogens is 2. The van der Waals surface area contributed by atoms with Gasteiger partial charge in [-0.3, -0.25) is 9.59 Å². The van der Waals surface area contributed by atoms with Gasteiger partial charge in [0.15, 0.2) is 0 Å². The van der Waals surface area contributed by atoms with E-state index in [-0.39, 0.29) is 22.0 Å². The van der Waals surface area contributed by atoms with Gasteiger partial charge in [-0.15, -0.1) is 0 Å². The highest BCUT2D eigenvalue weighted by molar-refractivity contribution is 5.88. The first-order valence-electron chi connectivity index (χ1n) is 8.63. The maximum atomic E-state index is 14.1. The van der Waals surface area contributed by atoms with Crippen LogP contribution in [0.5, 0.6) is 0 Å². The number of rotatable bonds is 4. The Kier molecular flexibility index (Phi) is 5.22. The summed E-state index contributed by atoms with van der Waals surface area (Å²) in [5.41, 5.74) is 0.296. The number of hydrogen-bond donors (Lipinski definition) is 2. The molecule has 5 nitrogen and oxygen atoms in total. The van der Waals surface area contributed by atoms with Gasteiger partial charge in [0.1, 0.15) is 11.6 Å². The lowest BCUT2D eigenvalue weighted by molar-refractivity contribution is -0.122. The molecule has 146 valence electrons. The lowest BCUT2D eigenvalue weighted by Gasteiger charge is -2.20. The second-order valence-electron chi connectivity index (χ2n) is 6.63. The molecule has 3 aromatic rings. The highest BCUT2D eigenvalue weighted by Gasteiger charge is 2.25. The molecule has 0 unspecified atom stereocenters. The van der Waals surface area contributed by atoms with E-state index >= 15 is 0 Å². The van der Waals surface area contributed by atoms with Gasteiger partial charge in [0, 0.05) is 23.4 Å². The second kappa shape index (κ2) is 7.46. The first kappa shape index (κ1) is 19.6. The predicted molar refractivity (Wildman–Crippen MR) is 98.4 cm³/mol. The van der Waals surface area contributed by atoms with Crippen LogP contribution in [0.1, 0.15) is 42.5 Å². The van der Waals surface area contributed by atoms with Crippen molar-refractivity contribution >= 4 is 16.8 Å². The van der Waals surface area contributed by atoms with Crippen molar-refractivity contribution in [3.05, 3.63) is 75.1 Å². The Morgan fingerprint density at radius 1 is 1.18 bits per heavy atom. The van der Waals surface area contributed by atoms with Crippen LogP contribution in [0.2, 0.25) is 0 Å². The van der Waals surface area contributed by atoms with Gasteiger partial charge in [-0.1, -0.05) is 6.07 Å². The van der Waals surface area contributed by atoms with Gasteiger partial charge in [-0.05, 0) is 38.5 Å². The molecule has 2 N–H and O–H groups in total. The lowest BCUT2D eigenvalue weighted by atomic mass is 9.94. The third-order valence-electron chi connectivity index (χ3n) is 4.79. The highest BCUT2D eigenvalue weighted by atomic mass is 19.1. The van der Waals surface area contributed by atoms with Crippen LogP contribution in [0.15, 0.2) is 35.3 Å². The second-order valence-corrected chi connectivity index (χ2v) is 6.63. The predicted octanol–water partition coefficient (Wildman–Crippen LogP) is 3.63. The molecule has 0 radical (unpaired) electrons. The third-order valence-corrected chi connectivity index (χ3v) is 4.79. The summed E-state index contributed by atoms with van der Waals surface area (Å²) in [6.45, 7) is 4.59. The van der Waals surface area contributed by atoms with E-state index in [1.807, 2.05) is 0 Å². The van der Waals surface area contributed by atoms with Crippen LogP contribution in [0.4, 0.5) is 13.2 Å². The molecule has 0 bridgehead atoms. The standard InChI is InChI=1S/C20H18F3N3O2/c1-9-16(20(28)26-15-6-7-24-18(23)17(9)15)10(2)19(27)25-11(3)13-5-4-12(21)8-14(13)22/h4-8,10-11H,1-3H3,(H,25,27)(H,26,28)/t10-,11+/m1/s1. The van der Waals surface area contributed by atoms with Crippen LogP contribution < -0.4 is 10.9 Å².